The summed E-state index contributed by atoms with van der Waals surface area (Å²) in [6.07, 6.45) is 4.32. The Bertz CT molecular complexity index is 477. The molecule has 0 radical (unpaired) electrons. The van der Waals surface area contributed by atoms with E-state index in [1.54, 1.807) is 0 Å². The topological polar surface area (TPSA) is 72.2 Å². The number of halogens is 1. The van der Waals surface area contributed by atoms with Crippen LogP contribution in [0.15, 0.2) is 12.1 Å². The van der Waals surface area contributed by atoms with E-state index in [-0.39, 0.29) is 16.3 Å². The maximum absolute atomic E-state index is 11.9. The minimum atomic E-state index is -0.489. The second kappa shape index (κ2) is 6.34. The van der Waals surface area contributed by atoms with Gasteiger partial charge in [0.2, 0.25) is 0 Å². The third kappa shape index (κ3) is 3.67. The van der Waals surface area contributed by atoms with Crippen molar-refractivity contribution in [3.8, 4) is 0 Å². The second-order valence-corrected chi connectivity index (χ2v) is 6.29. The predicted molar refractivity (Wildman–Crippen MR) is 74.9 cm³/mol. The minimum Gasteiger partial charge on any atom is -0.351 e. The van der Waals surface area contributed by atoms with Gasteiger partial charge in [-0.3, -0.25) is 14.9 Å². The van der Waals surface area contributed by atoms with Crippen LogP contribution in [0.5, 0.6) is 0 Å². The molecule has 1 fully saturated rings. The zero-order valence-electron chi connectivity index (χ0n) is 10.3. The fourth-order valence-electron chi connectivity index (χ4n) is 2.25. The van der Waals surface area contributed by atoms with Crippen LogP contribution in [0.4, 0.5) is 5.00 Å². The van der Waals surface area contributed by atoms with Gasteiger partial charge < -0.3 is 5.32 Å². The monoisotopic (exact) mass is 302 g/mol. The first-order chi connectivity index (χ1) is 9.08. The molecular formula is C12H15ClN2O3S. The fourth-order valence-corrected chi connectivity index (χ4v) is 3.36. The average Bonchev–Trinajstić information content (AvgIpc) is 2.87. The lowest BCUT2D eigenvalue weighted by Gasteiger charge is -2.26. The first-order valence-electron chi connectivity index (χ1n) is 6.24. The van der Waals surface area contributed by atoms with Crippen molar-refractivity contribution in [1.29, 1.82) is 0 Å². The molecule has 1 aromatic rings. The van der Waals surface area contributed by atoms with Crippen LogP contribution in [-0.2, 0) is 0 Å². The van der Waals surface area contributed by atoms with Crippen molar-refractivity contribution in [2.24, 2.45) is 5.92 Å². The normalized spacial score (nSPS) is 23.0. The molecule has 2 rings (SSSR count). The summed E-state index contributed by atoms with van der Waals surface area (Å²) in [5.74, 6) is 0.0434. The lowest BCUT2D eigenvalue weighted by atomic mass is 9.89. The largest absolute Gasteiger partial charge is 0.351 e. The summed E-state index contributed by atoms with van der Waals surface area (Å²) in [7, 11) is 0. The number of alkyl halides is 1. The first kappa shape index (κ1) is 14.3. The third-order valence-electron chi connectivity index (χ3n) is 3.34. The number of rotatable bonds is 4. The zero-order chi connectivity index (χ0) is 13.8. The number of amides is 1. The molecule has 7 heteroatoms. The van der Waals surface area contributed by atoms with Crippen molar-refractivity contribution in [2.75, 3.05) is 6.54 Å². The fraction of sp³-hybridized carbons (Fsp3) is 0.583. The van der Waals surface area contributed by atoms with Gasteiger partial charge in [0.15, 0.2) is 0 Å². The predicted octanol–water partition coefficient (Wildman–Crippen LogP) is 3.18. The SMILES string of the molecule is O=C(NCC1CCCCC1Cl)c1ccc([N+](=O)[O-])s1. The third-order valence-corrected chi connectivity index (χ3v) is 4.95. The molecule has 1 aromatic heterocycles. The molecule has 19 heavy (non-hydrogen) atoms. The van der Waals surface area contributed by atoms with E-state index in [0.29, 0.717) is 17.3 Å². The summed E-state index contributed by atoms with van der Waals surface area (Å²) in [5.41, 5.74) is 0. The Morgan fingerprint density at radius 2 is 2.21 bits per heavy atom. The molecule has 1 saturated carbocycles. The van der Waals surface area contributed by atoms with Gasteiger partial charge >= 0.3 is 5.00 Å². The summed E-state index contributed by atoms with van der Waals surface area (Å²) in [5, 5.41) is 13.5. The molecule has 1 aliphatic rings. The van der Waals surface area contributed by atoms with Crippen molar-refractivity contribution in [1.82, 2.24) is 5.32 Å². The molecule has 5 nitrogen and oxygen atoms in total. The van der Waals surface area contributed by atoms with Gasteiger partial charge in [-0.2, -0.15) is 0 Å². The summed E-state index contributed by atoms with van der Waals surface area (Å²) < 4.78 is 0. The number of carbonyl (C=O) groups excluding carboxylic acids is 1. The van der Waals surface area contributed by atoms with E-state index in [1.165, 1.54) is 12.1 Å². The molecule has 104 valence electrons. The van der Waals surface area contributed by atoms with Crippen molar-refractivity contribution in [3.05, 3.63) is 27.1 Å². The minimum absolute atomic E-state index is 0.0157. The number of thiophene rings is 1. The van der Waals surface area contributed by atoms with Crippen LogP contribution in [0.1, 0.15) is 35.4 Å². The Morgan fingerprint density at radius 1 is 1.47 bits per heavy atom. The van der Waals surface area contributed by atoms with Crippen LogP contribution in [0.3, 0.4) is 0 Å². The Labute approximate surface area is 120 Å². The zero-order valence-corrected chi connectivity index (χ0v) is 11.9. The summed E-state index contributed by atoms with van der Waals surface area (Å²) in [6.45, 7) is 0.540. The highest BCUT2D eigenvalue weighted by Gasteiger charge is 2.24. The molecule has 0 aromatic carbocycles. The van der Waals surface area contributed by atoms with Gasteiger partial charge in [0.25, 0.3) is 5.91 Å². The molecule has 1 aliphatic carbocycles. The smallest absolute Gasteiger partial charge is 0.324 e. The van der Waals surface area contributed by atoms with Crippen molar-refractivity contribution < 1.29 is 9.72 Å². The van der Waals surface area contributed by atoms with Gasteiger partial charge in [0.05, 0.1) is 9.80 Å². The number of hydrogen-bond acceptors (Lipinski definition) is 4. The van der Waals surface area contributed by atoms with Crippen LogP contribution in [0.25, 0.3) is 0 Å². The molecule has 1 N–H and O–H groups in total. The van der Waals surface area contributed by atoms with Gasteiger partial charge in [-0.1, -0.05) is 24.2 Å². The molecule has 0 bridgehead atoms. The highest BCUT2D eigenvalue weighted by atomic mass is 35.5. The number of nitro groups is 1. The Kier molecular flexibility index (Phi) is 4.76. The second-order valence-electron chi connectivity index (χ2n) is 4.67. The maximum atomic E-state index is 11.9. The lowest BCUT2D eigenvalue weighted by molar-refractivity contribution is -0.380. The number of hydrogen-bond donors (Lipinski definition) is 1. The molecule has 2 atom stereocenters. The van der Waals surface area contributed by atoms with E-state index >= 15 is 0 Å². The molecule has 1 amide bonds. The number of carbonyl (C=O) groups is 1. The van der Waals surface area contributed by atoms with Crippen LogP contribution in [0.2, 0.25) is 0 Å². The first-order valence-corrected chi connectivity index (χ1v) is 7.49. The van der Waals surface area contributed by atoms with Crippen molar-refractivity contribution in [3.63, 3.8) is 0 Å². The van der Waals surface area contributed by atoms with E-state index < -0.39 is 4.92 Å². The Hall–Kier alpha value is -1.14. The molecule has 2 unspecified atom stereocenters. The van der Waals surface area contributed by atoms with E-state index in [2.05, 4.69) is 5.32 Å². The van der Waals surface area contributed by atoms with Gasteiger partial charge in [-0.05, 0) is 24.8 Å². The van der Waals surface area contributed by atoms with Gasteiger partial charge in [0, 0.05) is 18.0 Å². The van der Waals surface area contributed by atoms with Crippen molar-refractivity contribution >= 4 is 33.8 Å². The van der Waals surface area contributed by atoms with Crippen LogP contribution in [-0.4, -0.2) is 22.8 Å². The summed E-state index contributed by atoms with van der Waals surface area (Å²) in [4.78, 5) is 22.3. The highest BCUT2D eigenvalue weighted by Crippen LogP contribution is 2.28. The van der Waals surface area contributed by atoms with Crippen LogP contribution >= 0.6 is 22.9 Å². The van der Waals surface area contributed by atoms with Gasteiger partial charge in [-0.15, -0.1) is 11.6 Å². The highest BCUT2D eigenvalue weighted by molar-refractivity contribution is 7.17. The molecule has 0 saturated heterocycles. The molecule has 1 heterocycles. The molecule has 0 spiro atoms. The van der Waals surface area contributed by atoms with E-state index in [0.717, 1.165) is 37.0 Å². The Balaban J connectivity index is 1.88. The molecular weight excluding hydrogens is 288 g/mol. The maximum Gasteiger partial charge on any atom is 0.324 e. The van der Waals surface area contributed by atoms with Crippen molar-refractivity contribution in [2.45, 2.75) is 31.1 Å². The van der Waals surface area contributed by atoms with Gasteiger partial charge in [-0.25, -0.2) is 0 Å². The van der Waals surface area contributed by atoms with Crippen LogP contribution < -0.4 is 5.32 Å². The van der Waals surface area contributed by atoms with Crippen LogP contribution in [0, 0.1) is 16.0 Å². The summed E-state index contributed by atoms with van der Waals surface area (Å²) >= 11 is 7.11. The Morgan fingerprint density at radius 3 is 2.84 bits per heavy atom. The number of nitrogens with one attached hydrogen (secondary N) is 1. The lowest BCUT2D eigenvalue weighted by Crippen LogP contribution is -2.34. The van der Waals surface area contributed by atoms with E-state index in [1.807, 2.05) is 0 Å². The summed E-state index contributed by atoms with van der Waals surface area (Å²) in [6, 6.07) is 2.84. The van der Waals surface area contributed by atoms with E-state index in [4.69, 9.17) is 11.6 Å². The standard InChI is InChI=1S/C12H15ClN2O3S/c13-9-4-2-1-3-8(9)7-14-12(16)10-5-6-11(19-10)15(17)18/h5-6,8-9H,1-4,7H2,(H,14,16). The number of nitrogens with zero attached hydrogens (tertiary/aromatic N) is 1. The van der Waals surface area contributed by atoms with E-state index in [9.17, 15) is 14.9 Å². The van der Waals surface area contributed by atoms with Gasteiger partial charge in [0.1, 0.15) is 0 Å². The quantitative estimate of drug-likeness (QED) is 0.527. The average molecular weight is 303 g/mol. The molecule has 0 aliphatic heterocycles.